The maximum absolute atomic E-state index is 10.1. The third-order valence-corrected chi connectivity index (χ3v) is 12.1. The van der Waals surface area contributed by atoms with Crippen LogP contribution in [-0.4, -0.2) is 20.1 Å². The highest BCUT2D eigenvalue weighted by Gasteiger charge is 2.25. The monoisotopic (exact) mass is 791 g/mol. The molecule has 1 aliphatic rings. The van der Waals surface area contributed by atoms with Crippen LogP contribution in [0.15, 0.2) is 206 Å². The minimum Gasteiger partial charge on any atom is -0.354 e. The summed E-state index contributed by atoms with van der Waals surface area (Å²) in [6.45, 7) is 0. The van der Waals surface area contributed by atoms with E-state index in [4.69, 9.17) is 9.97 Å². The van der Waals surface area contributed by atoms with Gasteiger partial charge in [0.2, 0.25) is 0 Å². The Labute approximate surface area is 358 Å². The number of nitrogens with zero attached hydrogens (tertiary/aromatic N) is 3. The van der Waals surface area contributed by atoms with Crippen LogP contribution in [0.25, 0.3) is 95.0 Å². The molecule has 290 valence electrons. The number of para-hydroxylation sites is 2. The lowest BCUT2D eigenvalue weighted by atomic mass is 9.87. The van der Waals surface area contributed by atoms with Crippen molar-refractivity contribution in [2.75, 3.05) is 0 Å². The van der Waals surface area contributed by atoms with Crippen molar-refractivity contribution in [3.63, 3.8) is 0 Å². The van der Waals surface area contributed by atoms with Gasteiger partial charge in [-0.05, 0) is 59.2 Å². The summed E-state index contributed by atoms with van der Waals surface area (Å²) < 4.78 is 2.40. The average molecular weight is 792 g/mol. The number of rotatable bonds is 7. The molecule has 5 nitrogen and oxygen atoms in total. The molecule has 5 heteroatoms. The normalized spacial score (nSPS) is 13.3. The molecule has 4 heterocycles. The molecule has 62 heavy (non-hydrogen) atoms. The van der Waals surface area contributed by atoms with Gasteiger partial charge in [0.25, 0.3) is 0 Å². The molecule has 0 amide bonds. The highest BCUT2D eigenvalue weighted by molar-refractivity contribution is 6.36. The summed E-state index contributed by atoms with van der Waals surface area (Å²) in [6.07, 6.45) is 2.19. The first-order chi connectivity index (χ1) is 30.7. The number of benzene rings is 8. The van der Waals surface area contributed by atoms with Crippen molar-refractivity contribution in [3.05, 3.63) is 234 Å². The lowest BCUT2D eigenvalue weighted by Gasteiger charge is -2.26. The predicted molar refractivity (Wildman–Crippen MR) is 257 cm³/mol. The molecule has 11 aromatic rings. The number of allylic oxidation sites excluding steroid dienone is 1. The van der Waals surface area contributed by atoms with E-state index in [0.717, 1.165) is 72.9 Å². The Morgan fingerprint density at radius 1 is 0.452 bits per heavy atom. The van der Waals surface area contributed by atoms with E-state index in [1.54, 1.807) is 0 Å². The van der Waals surface area contributed by atoms with Crippen molar-refractivity contribution in [1.29, 1.82) is 5.41 Å². The number of hydrogen-bond acceptors (Lipinski definition) is 4. The van der Waals surface area contributed by atoms with E-state index in [1.807, 2.05) is 54.6 Å². The summed E-state index contributed by atoms with van der Waals surface area (Å²) in [5.41, 5.74) is 16.2. The van der Waals surface area contributed by atoms with Gasteiger partial charge in [-0.1, -0.05) is 170 Å². The molecular weight excluding hydrogens is 755 g/mol. The molecule has 8 aromatic carbocycles. The zero-order valence-corrected chi connectivity index (χ0v) is 33.5. The molecule has 2 N–H and O–H groups in total. The maximum atomic E-state index is 10.1. The second-order valence-electron chi connectivity index (χ2n) is 15.8. The van der Waals surface area contributed by atoms with Crippen LogP contribution in [0.3, 0.4) is 0 Å². The molecule has 1 aliphatic heterocycles. The van der Waals surface area contributed by atoms with Crippen molar-refractivity contribution in [2.45, 2.75) is 0 Å². The van der Waals surface area contributed by atoms with Crippen LogP contribution < -0.4 is 5.32 Å². The molecule has 12 rings (SSSR count). The maximum Gasteiger partial charge on any atom is 0.160 e. The minimum absolute atomic E-state index is 0.408. The highest BCUT2D eigenvalue weighted by atomic mass is 14.9. The van der Waals surface area contributed by atoms with Gasteiger partial charge in [0.15, 0.2) is 5.82 Å². The van der Waals surface area contributed by atoms with E-state index in [1.165, 1.54) is 38.1 Å². The fraction of sp³-hybridized carbons (Fsp3) is 0. The molecule has 0 atom stereocenters. The zero-order valence-electron chi connectivity index (χ0n) is 33.5. The second-order valence-corrected chi connectivity index (χ2v) is 15.8. The van der Waals surface area contributed by atoms with Crippen molar-refractivity contribution >= 4 is 66.8 Å². The van der Waals surface area contributed by atoms with E-state index >= 15 is 0 Å². The van der Waals surface area contributed by atoms with E-state index < -0.39 is 0 Å². The lowest BCUT2D eigenvalue weighted by Crippen LogP contribution is -2.20. The first-order valence-corrected chi connectivity index (χ1v) is 20.9. The Kier molecular flexibility index (Phi) is 8.25. The third kappa shape index (κ3) is 5.82. The average Bonchev–Trinajstić information content (AvgIpc) is 3.87. The van der Waals surface area contributed by atoms with Crippen LogP contribution in [-0.2, 0) is 0 Å². The Morgan fingerprint density at radius 3 is 1.69 bits per heavy atom. The summed E-state index contributed by atoms with van der Waals surface area (Å²) in [5.74, 6) is 0.647. The van der Waals surface area contributed by atoms with Crippen molar-refractivity contribution in [3.8, 4) is 33.9 Å². The number of hydrogen-bond donors (Lipinski definition) is 2. The van der Waals surface area contributed by atoms with Gasteiger partial charge in [-0.15, -0.1) is 0 Å². The smallest absolute Gasteiger partial charge is 0.160 e. The first-order valence-electron chi connectivity index (χ1n) is 20.9. The first kappa shape index (κ1) is 35.5. The van der Waals surface area contributed by atoms with E-state index in [2.05, 4.69) is 167 Å². The SMILES string of the molecule is N=C(/C(=C1\NC(c2ccccc2)=Cc2ccccc21)c1ccccc1)c1cccc(-c2cc(-c3cc4c5ccccc5n5c6ccccc6c(c3)c45)nc(-c3ccccc3)n2)c1. The summed E-state index contributed by atoms with van der Waals surface area (Å²) in [7, 11) is 0. The second kappa shape index (κ2) is 14.4. The van der Waals surface area contributed by atoms with Gasteiger partial charge < -0.3 is 9.72 Å². The van der Waals surface area contributed by atoms with Crippen molar-refractivity contribution < 1.29 is 0 Å². The molecule has 0 saturated heterocycles. The molecule has 3 aromatic heterocycles. The van der Waals surface area contributed by atoms with Crippen LogP contribution in [0.4, 0.5) is 0 Å². The van der Waals surface area contributed by atoms with Crippen LogP contribution in [0.5, 0.6) is 0 Å². The fourth-order valence-corrected chi connectivity index (χ4v) is 9.27. The van der Waals surface area contributed by atoms with Crippen LogP contribution in [0.1, 0.15) is 27.8 Å². The quantitative estimate of drug-likeness (QED) is 0.158. The number of nitrogens with one attached hydrogen (secondary N) is 2. The van der Waals surface area contributed by atoms with Gasteiger partial charge in [0.05, 0.1) is 39.3 Å². The third-order valence-electron chi connectivity index (χ3n) is 12.1. The van der Waals surface area contributed by atoms with Gasteiger partial charge >= 0.3 is 0 Å². The van der Waals surface area contributed by atoms with Crippen molar-refractivity contribution in [2.24, 2.45) is 0 Å². The Morgan fingerprint density at radius 2 is 1.00 bits per heavy atom. The summed E-state index contributed by atoms with van der Waals surface area (Å²) in [5, 5.41) is 18.7. The fourth-order valence-electron chi connectivity index (χ4n) is 9.27. The Bertz CT molecular complexity index is 3520. The van der Waals surface area contributed by atoms with Crippen LogP contribution in [0, 0.1) is 5.41 Å². The van der Waals surface area contributed by atoms with Crippen LogP contribution in [0.2, 0.25) is 0 Å². The van der Waals surface area contributed by atoms with Gasteiger partial charge in [0, 0.05) is 60.6 Å². The molecule has 0 aliphatic carbocycles. The lowest BCUT2D eigenvalue weighted by molar-refractivity contribution is 1.18. The highest BCUT2D eigenvalue weighted by Crippen LogP contribution is 2.42. The van der Waals surface area contributed by atoms with E-state index in [9.17, 15) is 5.41 Å². The molecular formula is C57H37N5. The number of aromatic nitrogens is 3. The molecule has 0 saturated carbocycles. The zero-order chi connectivity index (χ0) is 41.1. The Balaban J connectivity index is 1.03. The summed E-state index contributed by atoms with van der Waals surface area (Å²) >= 11 is 0. The summed E-state index contributed by atoms with van der Waals surface area (Å²) in [4.78, 5) is 10.5. The van der Waals surface area contributed by atoms with Crippen LogP contribution >= 0.6 is 0 Å². The van der Waals surface area contributed by atoms with Gasteiger partial charge in [0.1, 0.15) is 0 Å². The van der Waals surface area contributed by atoms with E-state index in [0.29, 0.717) is 11.5 Å². The topological polar surface area (TPSA) is 66.1 Å². The minimum atomic E-state index is 0.408. The summed E-state index contributed by atoms with van der Waals surface area (Å²) in [6, 6.07) is 71.5. The van der Waals surface area contributed by atoms with Crippen molar-refractivity contribution in [1.82, 2.24) is 19.7 Å². The largest absolute Gasteiger partial charge is 0.354 e. The molecule has 0 radical (unpaired) electrons. The number of fused-ring (bicyclic) bond motifs is 7. The predicted octanol–water partition coefficient (Wildman–Crippen LogP) is 13.7. The molecule has 0 spiro atoms. The van der Waals surface area contributed by atoms with Gasteiger partial charge in [-0.2, -0.15) is 0 Å². The van der Waals surface area contributed by atoms with Gasteiger partial charge in [-0.25, -0.2) is 9.97 Å². The standard InChI is InChI=1S/C57H37N5/c58-54(53(37-19-6-2-7-20-37)55-43-26-11-10-23-39(43)34-48(59-55)36-17-4-1-5-18-36)41-25-16-24-40(31-41)49-35-50(61-57(60-49)38-21-8-3-9-22-38)42-32-46-44-27-12-14-29-51(44)62-52-30-15-13-28-45(52)47(33-42)56(46)62/h1-35,58-59H/b55-53-,58-54?. The Hall–Kier alpha value is -8.41. The van der Waals surface area contributed by atoms with Gasteiger partial charge in [-0.3, -0.25) is 5.41 Å². The molecule has 0 bridgehead atoms. The molecule has 0 fully saturated rings. The molecule has 0 unspecified atom stereocenters. The van der Waals surface area contributed by atoms with E-state index in [-0.39, 0.29) is 0 Å².